The molecule has 0 amide bonds. The molecule has 4 N–H and O–H groups in total. The Kier molecular flexibility index (Phi) is 3.71. The normalized spacial score (nSPS) is 10.2. The van der Waals surface area contributed by atoms with Crippen molar-refractivity contribution in [2.45, 2.75) is 0 Å². The topological polar surface area (TPSA) is 106 Å². The number of hydrazine groups is 1. The lowest BCUT2D eigenvalue weighted by Crippen LogP contribution is -2.10. The number of nitrogens with zero attached hydrogens (tertiary/aromatic N) is 2. The van der Waals surface area contributed by atoms with Gasteiger partial charge in [-0.25, -0.2) is 19.6 Å². The van der Waals surface area contributed by atoms with Crippen molar-refractivity contribution in [3.63, 3.8) is 0 Å². The standard InChI is InChI=1S/C11H9F2N5O2/c12-6-3-7(13)5-8(4-6)15-11-9(18(19)20)1-2-10(16-11)17-14/h1-5H,14H2,(H2,15,16,17). The average Bonchev–Trinajstić information content (AvgIpc) is 2.37. The SMILES string of the molecule is NNc1ccc([N+](=O)[O-])c(Nc2cc(F)cc(F)c2)n1. The molecule has 1 aromatic heterocycles. The van der Waals surface area contributed by atoms with Crippen LogP contribution in [0, 0.1) is 21.7 Å². The van der Waals surface area contributed by atoms with Crippen molar-refractivity contribution in [3.8, 4) is 0 Å². The first-order valence-electron chi connectivity index (χ1n) is 5.35. The third kappa shape index (κ3) is 2.95. The quantitative estimate of drug-likeness (QED) is 0.451. The first-order chi connectivity index (χ1) is 9.49. The summed E-state index contributed by atoms with van der Waals surface area (Å²) >= 11 is 0. The molecule has 9 heteroatoms. The molecule has 7 nitrogen and oxygen atoms in total. The van der Waals surface area contributed by atoms with Gasteiger partial charge >= 0.3 is 5.69 Å². The van der Waals surface area contributed by atoms with E-state index < -0.39 is 16.6 Å². The van der Waals surface area contributed by atoms with Gasteiger partial charge in [0.05, 0.1) is 4.92 Å². The van der Waals surface area contributed by atoms with Crippen molar-refractivity contribution in [2.24, 2.45) is 5.84 Å². The maximum atomic E-state index is 13.1. The Bertz CT molecular complexity index is 645. The highest BCUT2D eigenvalue weighted by molar-refractivity contribution is 5.67. The molecule has 1 aromatic carbocycles. The van der Waals surface area contributed by atoms with Crippen LogP contribution in [0.15, 0.2) is 30.3 Å². The second kappa shape index (κ2) is 5.45. The van der Waals surface area contributed by atoms with Crippen molar-refractivity contribution >= 4 is 23.0 Å². The van der Waals surface area contributed by atoms with E-state index in [1.807, 2.05) is 0 Å². The Morgan fingerprint density at radius 1 is 1.20 bits per heavy atom. The van der Waals surface area contributed by atoms with Crippen LogP contribution in [0.2, 0.25) is 0 Å². The molecule has 2 rings (SSSR count). The third-order valence-corrected chi connectivity index (χ3v) is 2.34. The predicted octanol–water partition coefficient (Wildman–Crippen LogP) is 2.30. The summed E-state index contributed by atoms with van der Waals surface area (Å²) in [6.07, 6.45) is 0. The summed E-state index contributed by atoms with van der Waals surface area (Å²) in [7, 11) is 0. The number of nitrogens with one attached hydrogen (secondary N) is 2. The molecule has 0 aliphatic carbocycles. The van der Waals surface area contributed by atoms with Crippen LogP contribution in [0.1, 0.15) is 0 Å². The van der Waals surface area contributed by atoms with E-state index in [0.29, 0.717) is 6.07 Å². The summed E-state index contributed by atoms with van der Waals surface area (Å²) < 4.78 is 26.1. The van der Waals surface area contributed by atoms with Gasteiger partial charge in [-0.05, 0) is 18.2 Å². The molecule has 1 heterocycles. The van der Waals surface area contributed by atoms with Crippen molar-refractivity contribution in [3.05, 3.63) is 52.1 Å². The van der Waals surface area contributed by atoms with Crippen LogP contribution in [0.25, 0.3) is 0 Å². The molecule has 0 saturated heterocycles. The highest BCUT2D eigenvalue weighted by Crippen LogP contribution is 2.27. The fourth-order valence-electron chi connectivity index (χ4n) is 1.53. The number of hydrogen-bond donors (Lipinski definition) is 3. The molecule has 20 heavy (non-hydrogen) atoms. The van der Waals surface area contributed by atoms with Crippen LogP contribution >= 0.6 is 0 Å². The molecule has 0 aliphatic heterocycles. The lowest BCUT2D eigenvalue weighted by atomic mass is 10.3. The molecule has 0 spiro atoms. The largest absolute Gasteiger partial charge is 0.334 e. The van der Waals surface area contributed by atoms with Gasteiger partial charge in [0.15, 0.2) is 0 Å². The zero-order valence-electron chi connectivity index (χ0n) is 9.93. The number of nitrogen functional groups attached to an aromatic ring is 1. The van der Waals surface area contributed by atoms with Crippen LogP contribution in [0.5, 0.6) is 0 Å². The van der Waals surface area contributed by atoms with E-state index in [1.54, 1.807) is 0 Å². The van der Waals surface area contributed by atoms with Gasteiger partial charge in [0.1, 0.15) is 17.5 Å². The van der Waals surface area contributed by atoms with Crippen LogP contribution in [0.3, 0.4) is 0 Å². The molecule has 0 aliphatic rings. The lowest BCUT2D eigenvalue weighted by molar-refractivity contribution is -0.384. The minimum absolute atomic E-state index is 0.00716. The molecule has 0 bridgehead atoms. The molecule has 2 aromatic rings. The summed E-state index contributed by atoms with van der Waals surface area (Å²) in [6, 6.07) is 5.12. The third-order valence-electron chi connectivity index (χ3n) is 2.34. The van der Waals surface area contributed by atoms with E-state index in [4.69, 9.17) is 5.84 Å². The summed E-state index contributed by atoms with van der Waals surface area (Å²) in [5, 5.41) is 13.4. The Morgan fingerprint density at radius 3 is 2.40 bits per heavy atom. The minimum Gasteiger partial charge on any atom is -0.334 e. The maximum Gasteiger partial charge on any atom is 0.311 e. The van der Waals surface area contributed by atoms with Gasteiger partial charge in [0.2, 0.25) is 5.82 Å². The number of hydrogen-bond acceptors (Lipinski definition) is 6. The van der Waals surface area contributed by atoms with Gasteiger partial charge < -0.3 is 10.7 Å². The van der Waals surface area contributed by atoms with Gasteiger partial charge in [-0.2, -0.15) is 0 Å². The number of aromatic nitrogens is 1. The Hall–Kier alpha value is -2.81. The van der Waals surface area contributed by atoms with Gasteiger partial charge in [-0.1, -0.05) is 0 Å². The lowest BCUT2D eigenvalue weighted by Gasteiger charge is -2.08. The highest BCUT2D eigenvalue weighted by atomic mass is 19.1. The molecule has 0 saturated carbocycles. The highest BCUT2D eigenvalue weighted by Gasteiger charge is 2.16. The summed E-state index contributed by atoms with van der Waals surface area (Å²) in [4.78, 5) is 14.0. The second-order valence-electron chi connectivity index (χ2n) is 3.75. The number of nitrogens with two attached hydrogens (primary N) is 1. The van der Waals surface area contributed by atoms with Crippen LogP contribution in [-0.4, -0.2) is 9.91 Å². The predicted molar refractivity (Wildman–Crippen MR) is 68.3 cm³/mol. The molecular weight excluding hydrogens is 272 g/mol. The zero-order chi connectivity index (χ0) is 14.7. The van der Waals surface area contributed by atoms with Crippen LogP contribution < -0.4 is 16.6 Å². The average molecular weight is 281 g/mol. The van der Waals surface area contributed by atoms with Gasteiger partial charge in [0.25, 0.3) is 0 Å². The van der Waals surface area contributed by atoms with Crippen molar-refractivity contribution in [1.82, 2.24) is 4.98 Å². The summed E-state index contributed by atoms with van der Waals surface area (Å²) in [6.45, 7) is 0. The number of halogens is 2. The smallest absolute Gasteiger partial charge is 0.311 e. The van der Waals surface area contributed by atoms with Crippen molar-refractivity contribution < 1.29 is 13.7 Å². The summed E-state index contributed by atoms with van der Waals surface area (Å²) in [5.41, 5.74) is 1.86. The molecule has 0 unspecified atom stereocenters. The number of pyridine rings is 1. The van der Waals surface area contributed by atoms with E-state index >= 15 is 0 Å². The molecule has 0 radical (unpaired) electrons. The van der Waals surface area contributed by atoms with Crippen LogP contribution in [-0.2, 0) is 0 Å². The van der Waals surface area contributed by atoms with E-state index in [0.717, 1.165) is 12.1 Å². The fraction of sp³-hybridized carbons (Fsp3) is 0. The van der Waals surface area contributed by atoms with E-state index in [-0.39, 0.29) is 23.0 Å². The first-order valence-corrected chi connectivity index (χ1v) is 5.35. The van der Waals surface area contributed by atoms with E-state index in [9.17, 15) is 18.9 Å². The van der Waals surface area contributed by atoms with E-state index in [1.165, 1.54) is 12.1 Å². The monoisotopic (exact) mass is 281 g/mol. The fourth-order valence-corrected chi connectivity index (χ4v) is 1.53. The Labute approximate surface area is 111 Å². The Balaban J connectivity index is 2.42. The van der Waals surface area contributed by atoms with E-state index in [2.05, 4.69) is 15.7 Å². The second-order valence-corrected chi connectivity index (χ2v) is 3.75. The number of benzene rings is 1. The van der Waals surface area contributed by atoms with Gasteiger partial charge in [-0.15, -0.1) is 0 Å². The number of anilines is 3. The van der Waals surface area contributed by atoms with Crippen LogP contribution in [0.4, 0.5) is 31.8 Å². The van der Waals surface area contributed by atoms with Gasteiger partial charge in [0, 0.05) is 17.8 Å². The van der Waals surface area contributed by atoms with Crippen molar-refractivity contribution in [1.29, 1.82) is 0 Å². The first kappa shape index (κ1) is 13.6. The number of nitro groups is 1. The number of rotatable bonds is 4. The maximum absolute atomic E-state index is 13.1. The minimum atomic E-state index is -0.816. The van der Waals surface area contributed by atoms with Gasteiger partial charge in [-0.3, -0.25) is 10.1 Å². The zero-order valence-corrected chi connectivity index (χ0v) is 9.93. The molecule has 104 valence electrons. The van der Waals surface area contributed by atoms with Crippen molar-refractivity contribution in [2.75, 3.05) is 10.7 Å². The summed E-state index contributed by atoms with van der Waals surface area (Å²) in [5.74, 6) is 3.50. The Morgan fingerprint density at radius 2 is 1.85 bits per heavy atom. The molecule has 0 atom stereocenters. The molecular formula is C11H9F2N5O2. The molecule has 0 fully saturated rings.